The fourth-order valence-electron chi connectivity index (χ4n) is 8.72. The second-order valence-corrected chi connectivity index (χ2v) is 18.9. The monoisotopic (exact) mass is 1140 g/mol. The number of ether oxygens (including phenoxy) is 8. The van der Waals surface area contributed by atoms with Gasteiger partial charge >= 0.3 is 0 Å². The Bertz CT molecular complexity index is 3700. The van der Waals surface area contributed by atoms with E-state index in [0.29, 0.717) is 94.5 Å². The Morgan fingerprint density at radius 3 is 0.964 bits per heavy atom. The van der Waals surface area contributed by atoms with Gasteiger partial charge < -0.3 is 58.3 Å². The van der Waals surface area contributed by atoms with Crippen LogP contribution in [0.1, 0.15) is 94.0 Å². The Hall–Kier alpha value is -10.1. The number of fused-ring (bicyclic) bond motifs is 2. The van der Waals surface area contributed by atoms with Crippen molar-refractivity contribution in [3.05, 3.63) is 189 Å². The fourth-order valence-corrected chi connectivity index (χ4v) is 8.72. The molecule has 20 nitrogen and oxygen atoms in total. The standard InChI is InChI=1S/C64H54O20/c65-24-39-1-11-58(45(17-39)28-69)79-34-49(73)32-77-52-9-5-43-7-15-62(82-37-51(75)36-81-60-13-3-41(26-67)19-47(60)30-71)56(54(43)21-52)23-57-55-22-53(78-33-50(74)35-80-59-12-2-40(25-66)18-46(59)29-70)10-6-44(55)8-16-63(57)83-38-64(76)84-61-14-4-42(27-68)20-48(61)31-72/h1-22,24-31,49-51,64,73-76H,23,32-38H2. The highest BCUT2D eigenvalue weighted by molar-refractivity contribution is 5.93. The lowest BCUT2D eigenvalue weighted by Gasteiger charge is -2.21. The maximum Gasteiger partial charge on any atom is 0.231 e. The lowest BCUT2D eigenvalue weighted by Crippen LogP contribution is -2.26. The summed E-state index contributed by atoms with van der Waals surface area (Å²) in [5.74, 6) is 1.51. The third kappa shape index (κ3) is 15.5. The Labute approximate surface area is 479 Å². The van der Waals surface area contributed by atoms with Crippen LogP contribution in [-0.2, 0) is 6.42 Å². The third-order valence-corrected chi connectivity index (χ3v) is 12.9. The summed E-state index contributed by atoms with van der Waals surface area (Å²) in [6.07, 6.45) is -0.959. The molecule has 0 saturated carbocycles. The average molecular weight is 1140 g/mol. The van der Waals surface area contributed by atoms with Crippen molar-refractivity contribution in [1.29, 1.82) is 0 Å². The summed E-state index contributed by atoms with van der Waals surface area (Å²) in [5.41, 5.74) is 2.34. The van der Waals surface area contributed by atoms with Gasteiger partial charge in [-0.05, 0) is 131 Å². The molecule has 0 radical (unpaired) electrons. The van der Waals surface area contributed by atoms with Gasteiger partial charge in [-0.15, -0.1) is 0 Å². The van der Waals surface area contributed by atoms with Crippen LogP contribution in [-0.4, -0.2) is 142 Å². The number of aliphatic hydroxyl groups excluding tert-OH is 4. The quantitative estimate of drug-likeness (QED) is 0.0231. The topological polar surface area (TPSA) is 291 Å². The average Bonchev–Trinajstić information content (AvgIpc) is 3.70. The Kier molecular flexibility index (Phi) is 20.7. The van der Waals surface area contributed by atoms with Crippen molar-refractivity contribution in [2.45, 2.75) is 31.0 Å². The van der Waals surface area contributed by atoms with Gasteiger partial charge in [0.05, 0.1) is 22.3 Å². The molecule has 0 aliphatic carbocycles. The molecule has 8 aromatic carbocycles. The van der Waals surface area contributed by atoms with Crippen LogP contribution in [0.2, 0.25) is 0 Å². The second-order valence-electron chi connectivity index (χ2n) is 18.9. The van der Waals surface area contributed by atoms with Gasteiger partial charge in [0.1, 0.15) is 129 Å². The van der Waals surface area contributed by atoms with Gasteiger partial charge in [0.2, 0.25) is 6.29 Å². The molecule has 8 rings (SSSR count). The molecule has 0 fully saturated rings. The Morgan fingerprint density at radius 2 is 0.607 bits per heavy atom. The molecule has 0 spiro atoms. The van der Waals surface area contributed by atoms with Gasteiger partial charge in [-0.25, -0.2) is 0 Å². The SMILES string of the molecule is O=Cc1ccc(OCC(O)COc2ccc3ccc(OCC(O)COc4ccc(C=O)cc4C=O)c(Cc4c(OCC(O)Oc5ccc(C=O)cc5C=O)ccc5ccc(OCC(O)COc6ccc(C=O)cc6C=O)cc45)c3c2)c(C=O)c1. The van der Waals surface area contributed by atoms with E-state index in [4.69, 9.17) is 37.9 Å². The lowest BCUT2D eigenvalue weighted by molar-refractivity contribution is -0.0482. The van der Waals surface area contributed by atoms with E-state index in [0.717, 1.165) is 0 Å². The summed E-state index contributed by atoms with van der Waals surface area (Å²) >= 11 is 0. The summed E-state index contributed by atoms with van der Waals surface area (Å²) in [5, 5.41) is 46.9. The minimum Gasteiger partial charge on any atom is -0.491 e. The Balaban J connectivity index is 1.12. The van der Waals surface area contributed by atoms with Crippen LogP contribution >= 0.6 is 0 Å². The molecule has 20 heteroatoms. The molecule has 8 aromatic rings. The van der Waals surface area contributed by atoms with Gasteiger partial charge in [-0.3, -0.25) is 38.4 Å². The van der Waals surface area contributed by atoms with E-state index in [1.54, 1.807) is 60.7 Å². The van der Waals surface area contributed by atoms with Crippen molar-refractivity contribution in [3.63, 3.8) is 0 Å². The molecular formula is C64H54O20. The minimum absolute atomic E-state index is 0.00830. The maximum atomic E-state index is 11.9. The minimum atomic E-state index is -1.65. The smallest absolute Gasteiger partial charge is 0.231 e. The van der Waals surface area contributed by atoms with Crippen molar-refractivity contribution in [1.82, 2.24) is 0 Å². The van der Waals surface area contributed by atoms with Gasteiger partial charge in [-0.2, -0.15) is 0 Å². The summed E-state index contributed by atoms with van der Waals surface area (Å²) < 4.78 is 47.8. The highest BCUT2D eigenvalue weighted by Gasteiger charge is 2.22. The van der Waals surface area contributed by atoms with Gasteiger partial charge in [0, 0.05) is 39.8 Å². The van der Waals surface area contributed by atoms with Crippen LogP contribution in [0.4, 0.5) is 0 Å². The number of hydrogen-bond acceptors (Lipinski definition) is 20. The van der Waals surface area contributed by atoms with Crippen molar-refractivity contribution < 1.29 is 96.7 Å². The predicted octanol–water partition coefficient (Wildman–Crippen LogP) is 7.32. The number of hydrogen-bond donors (Lipinski definition) is 4. The molecule has 0 heterocycles. The summed E-state index contributed by atoms with van der Waals surface area (Å²) in [6, 6.07) is 34.1. The van der Waals surface area contributed by atoms with E-state index in [2.05, 4.69) is 0 Å². The third-order valence-electron chi connectivity index (χ3n) is 12.9. The van der Waals surface area contributed by atoms with Crippen LogP contribution in [0.5, 0.6) is 46.0 Å². The number of carbonyl (C=O) groups excluding carboxylic acids is 8. The summed E-state index contributed by atoms with van der Waals surface area (Å²) in [4.78, 5) is 92.5. The van der Waals surface area contributed by atoms with Gasteiger partial charge in [0.15, 0.2) is 31.8 Å². The highest BCUT2D eigenvalue weighted by atomic mass is 16.6. The molecule has 0 aliphatic rings. The zero-order valence-electron chi connectivity index (χ0n) is 44.6. The largest absolute Gasteiger partial charge is 0.491 e. The molecule has 84 heavy (non-hydrogen) atoms. The first kappa shape index (κ1) is 60.0. The number of benzene rings is 8. The molecule has 4 atom stereocenters. The normalized spacial score (nSPS) is 12.4. The molecule has 430 valence electrons. The molecule has 4 N–H and O–H groups in total. The van der Waals surface area contributed by atoms with E-state index in [1.165, 1.54) is 72.8 Å². The molecule has 0 saturated heterocycles. The molecular weight excluding hydrogens is 1090 g/mol. The predicted molar refractivity (Wildman–Crippen MR) is 303 cm³/mol. The van der Waals surface area contributed by atoms with Crippen LogP contribution in [0.3, 0.4) is 0 Å². The summed E-state index contributed by atoms with van der Waals surface area (Å²) in [6.45, 7) is -2.25. The van der Waals surface area contributed by atoms with Crippen LogP contribution in [0.25, 0.3) is 21.5 Å². The first-order valence-electron chi connectivity index (χ1n) is 25.9. The molecule has 0 aromatic heterocycles. The number of carbonyl (C=O) groups is 8. The Morgan fingerprint density at radius 1 is 0.310 bits per heavy atom. The van der Waals surface area contributed by atoms with Gasteiger partial charge in [-0.1, -0.05) is 24.3 Å². The molecule has 0 amide bonds. The van der Waals surface area contributed by atoms with E-state index in [1.807, 2.05) is 0 Å². The van der Waals surface area contributed by atoms with E-state index in [-0.39, 0.29) is 125 Å². The van der Waals surface area contributed by atoms with E-state index >= 15 is 0 Å². The highest BCUT2D eigenvalue weighted by Crippen LogP contribution is 2.39. The van der Waals surface area contributed by atoms with Crippen LogP contribution in [0, 0.1) is 0 Å². The van der Waals surface area contributed by atoms with E-state index < -0.39 is 31.2 Å². The first-order chi connectivity index (χ1) is 40.8. The first-order valence-corrected chi connectivity index (χ1v) is 25.9. The second kappa shape index (κ2) is 29.0. The lowest BCUT2D eigenvalue weighted by atomic mass is 9.93. The van der Waals surface area contributed by atoms with E-state index in [9.17, 15) is 58.8 Å². The zero-order valence-corrected chi connectivity index (χ0v) is 44.6. The molecule has 4 unspecified atom stereocenters. The molecule has 0 aliphatic heterocycles. The van der Waals surface area contributed by atoms with Crippen molar-refractivity contribution in [2.75, 3.05) is 46.2 Å². The van der Waals surface area contributed by atoms with Crippen molar-refractivity contribution in [3.8, 4) is 46.0 Å². The van der Waals surface area contributed by atoms with Gasteiger partial charge in [0.25, 0.3) is 0 Å². The van der Waals surface area contributed by atoms with Crippen molar-refractivity contribution in [2.24, 2.45) is 0 Å². The maximum absolute atomic E-state index is 11.9. The van der Waals surface area contributed by atoms with Crippen LogP contribution < -0.4 is 37.9 Å². The number of aliphatic hydroxyl groups is 4. The number of rotatable bonds is 33. The van der Waals surface area contributed by atoms with Crippen molar-refractivity contribution >= 4 is 71.8 Å². The zero-order chi connectivity index (χ0) is 59.5. The number of aldehydes is 8. The van der Waals surface area contributed by atoms with Crippen LogP contribution in [0.15, 0.2) is 133 Å². The summed E-state index contributed by atoms with van der Waals surface area (Å²) in [7, 11) is 0. The molecule has 0 bridgehead atoms. The fraction of sp³-hybridized carbons (Fsp3) is 0.188.